The number of aromatic nitrogens is 2. The van der Waals surface area contributed by atoms with Gasteiger partial charge in [-0.25, -0.2) is 8.42 Å². The first-order valence-corrected chi connectivity index (χ1v) is 10.4. The van der Waals surface area contributed by atoms with Crippen LogP contribution in [0.4, 0.5) is 18.9 Å². The van der Waals surface area contributed by atoms with E-state index in [9.17, 15) is 26.4 Å². The first-order chi connectivity index (χ1) is 13.5. The number of amides is 1. The first-order valence-electron chi connectivity index (χ1n) is 9.00. The number of H-pyrrole nitrogens is 1. The average molecular weight is 430 g/mol. The van der Waals surface area contributed by atoms with Crippen LogP contribution in [0.3, 0.4) is 0 Å². The third-order valence-electron chi connectivity index (χ3n) is 4.89. The summed E-state index contributed by atoms with van der Waals surface area (Å²) in [6.07, 6.45) is -3.47. The summed E-state index contributed by atoms with van der Waals surface area (Å²) < 4.78 is 65.1. The molecule has 1 atom stereocenters. The minimum atomic E-state index is -4.45. The molecule has 2 N–H and O–H groups in total. The van der Waals surface area contributed by atoms with E-state index in [1.807, 2.05) is 0 Å². The summed E-state index contributed by atoms with van der Waals surface area (Å²) in [4.78, 5) is 12.7. The number of benzene rings is 1. The smallest absolute Gasteiger partial charge is 0.326 e. The zero-order chi connectivity index (χ0) is 21.4. The number of nitrogens with zero attached hydrogens (tertiary/aromatic N) is 2. The lowest BCUT2D eigenvalue weighted by Gasteiger charge is -2.31. The standard InChI is InChI=1S/C18H21F3N4O3S/c1-11-16(12(2)24-23-11)29(27,28)25-9-3-4-13(10-25)17(26)22-15-7-5-14(6-8-15)18(19,20)21/h5-8,13H,3-4,9-10H2,1-2H3,(H,22,26)(H,23,24)/t13-/m1/s1. The van der Waals surface area contributed by atoms with E-state index in [0.717, 1.165) is 12.1 Å². The Labute approximate surface area is 166 Å². The Morgan fingerprint density at radius 2 is 1.90 bits per heavy atom. The van der Waals surface area contributed by atoms with Gasteiger partial charge in [0.25, 0.3) is 0 Å². The predicted molar refractivity (Wildman–Crippen MR) is 99.6 cm³/mol. The number of hydrogen-bond donors (Lipinski definition) is 2. The number of anilines is 1. The predicted octanol–water partition coefficient (Wildman–Crippen LogP) is 3.08. The molecule has 0 bridgehead atoms. The van der Waals surface area contributed by atoms with Gasteiger partial charge < -0.3 is 5.32 Å². The number of nitrogens with one attached hydrogen (secondary N) is 2. The Kier molecular flexibility index (Phi) is 5.72. The molecule has 158 valence electrons. The average Bonchev–Trinajstić information content (AvgIpc) is 3.00. The van der Waals surface area contributed by atoms with Crippen molar-refractivity contribution in [2.45, 2.75) is 37.8 Å². The number of sulfonamides is 1. The maximum atomic E-state index is 13.0. The number of rotatable bonds is 4. The van der Waals surface area contributed by atoms with E-state index in [-0.39, 0.29) is 23.7 Å². The number of aromatic amines is 1. The van der Waals surface area contributed by atoms with E-state index in [1.165, 1.54) is 16.4 Å². The Balaban J connectivity index is 1.71. The van der Waals surface area contributed by atoms with Gasteiger partial charge in [-0.05, 0) is 51.0 Å². The van der Waals surface area contributed by atoms with Crippen molar-refractivity contribution in [2.24, 2.45) is 5.92 Å². The van der Waals surface area contributed by atoms with Gasteiger partial charge in [0.05, 0.1) is 22.9 Å². The molecule has 1 aromatic heterocycles. The Morgan fingerprint density at radius 3 is 2.45 bits per heavy atom. The number of hydrogen-bond acceptors (Lipinski definition) is 4. The van der Waals surface area contributed by atoms with Crippen molar-refractivity contribution < 1.29 is 26.4 Å². The van der Waals surface area contributed by atoms with Crippen LogP contribution in [0.2, 0.25) is 0 Å². The first kappa shape index (κ1) is 21.3. The fourth-order valence-electron chi connectivity index (χ4n) is 3.41. The third kappa shape index (κ3) is 4.45. The van der Waals surface area contributed by atoms with Crippen LogP contribution >= 0.6 is 0 Å². The summed E-state index contributed by atoms with van der Waals surface area (Å²) in [5.41, 5.74) is 0.207. The summed E-state index contributed by atoms with van der Waals surface area (Å²) in [6, 6.07) is 4.13. The molecule has 0 aliphatic carbocycles. The topological polar surface area (TPSA) is 95.2 Å². The molecular formula is C18H21F3N4O3S. The van der Waals surface area contributed by atoms with Crippen LogP contribution in [0.5, 0.6) is 0 Å². The van der Waals surface area contributed by atoms with Crippen molar-refractivity contribution in [1.82, 2.24) is 14.5 Å². The highest BCUT2D eigenvalue weighted by molar-refractivity contribution is 7.89. The lowest BCUT2D eigenvalue weighted by atomic mass is 9.98. The van der Waals surface area contributed by atoms with E-state index in [4.69, 9.17) is 0 Å². The summed E-state index contributed by atoms with van der Waals surface area (Å²) >= 11 is 0. The molecule has 2 aromatic rings. The Bertz CT molecular complexity index is 981. The van der Waals surface area contributed by atoms with Crippen LogP contribution in [0.15, 0.2) is 29.2 Å². The van der Waals surface area contributed by atoms with Crippen molar-refractivity contribution in [3.8, 4) is 0 Å². The second-order valence-corrected chi connectivity index (χ2v) is 8.90. The van der Waals surface area contributed by atoms with Crippen molar-refractivity contribution in [3.05, 3.63) is 41.2 Å². The monoisotopic (exact) mass is 430 g/mol. The Morgan fingerprint density at radius 1 is 1.24 bits per heavy atom. The van der Waals surface area contributed by atoms with Crippen LogP contribution in [-0.4, -0.2) is 41.9 Å². The molecule has 2 heterocycles. The molecule has 1 fully saturated rings. The quantitative estimate of drug-likeness (QED) is 0.779. The minimum absolute atomic E-state index is 0.00113. The summed E-state index contributed by atoms with van der Waals surface area (Å²) in [6.45, 7) is 3.50. The molecule has 1 saturated heterocycles. The minimum Gasteiger partial charge on any atom is -0.326 e. The highest BCUT2D eigenvalue weighted by Gasteiger charge is 2.36. The molecule has 3 rings (SSSR count). The summed E-state index contributed by atoms with van der Waals surface area (Å²) in [7, 11) is -3.81. The van der Waals surface area contributed by atoms with Crippen molar-refractivity contribution in [1.29, 1.82) is 0 Å². The van der Waals surface area contributed by atoms with Gasteiger partial charge in [-0.2, -0.15) is 22.6 Å². The van der Waals surface area contributed by atoms with Gasteiger partial charge in [-0.3, -0.25) is 9.89 Å². The molecule has 0 radical (unpaired) electrons. The normalized spacial score (nSPS) is 18.6. The van der Waals surface area contributed by atoms with Crippen LogP contribution in [0, 0.1) is 19.8 Å². The van der Waals surface area contributed by atoms with E-state index in [0.29, 0.717) is 24.2 Å². The van der Waals surface area contributed by atoms with Crippen molar-refractivity contribution in [2.75, 3.05) is 18.4 Å². The highest BCUT2D eigenvalue weighted by Crippen LogP contribution is 2.30. The molecule has 1 aromatic carbocycles. The van der Waals surface area contributed by atoms with E-state index >= 15 is 0 Å². The summed E-state index contributed by atoms with van der Waals surface area (Å²) in [5.74, 6) is -1.03. The fourth-order valence-corrected chi connectivity index (χ4v) is 5.27. The van der Waals surface area contributed by atoms with Crippen molar-refractivity contribution in [3.63, 3.8) is 0 Å². The number of carbonyl (C=O) groups is 1. The van der Waals surface area contributed by atoms with E-state index in [2.05, 4.69) is 15.5 Å². The van der Waals surface area contributed by atoms with Crippen LogP contribution in [-0.2, 0) is 21.0 Å². The molecule has 11 heteroatoms. The molecule has 1 aliphatic heterocycles. The second kappa shape index (κ2) is 7.79. The maximum absolute atomic E-state index is 13.0. The van der Waals surface area contributed by atoms with Crippen LogP contribution < -0.4 is 5.32 Å². The van der Waals surface area contributed by atoms with Gasteiger partial charge in [-0.15, -0.1) is 0 Å². The maximum Gasteiger partial charge on any atom is 0.416 e. The molecular weight excluding hydrogens is 409 g/mol. The summed E-state index contributed by atoms with van der Waals surface area (Å²) in [5, 5.41) is 9.14. The number of carbonyl (C=O) groups excluding carboxylic acids is 1. The lowest BCUT2D eigenvalue weighted by Crippen LogP contribution is -2.43. The van der Waals surface area contributed by atoms with Crippen LogP contribution in [0.1, 0.15) is 29.8 Å². The lowest BCUT2D eigenvalue weighted by molar-refractivity contribution is -0.137. The third-order valence-corrected chi connectivity index (χ3v) is 7.02. The van der Waals surface area contributed by atoms with Gasteiger partial charge in [-0.1, -0.05) is 0 Å². The van der Waals surface area contributed by atoms with Crippen LogP contribution in [0.25, 0.3) is 0 Å². The second-order valence-electron chi connectivity index (χ2n) is 7.03. The molecule has 0 unspecified atom stereocenters. The molecule has 1 amide bonds. The zero-order valence-electron chi connectivity index (χ0n) is 15.9. The Hall–Kier alpha value is -2.40. The molecule has 1 aliphatic rings. The van der Waals surface area contributed by atoms with E-state index < -0.39 is 33.6 Å². The highest BCUT2D eigenvalue weighted by atomic mass is 32.2. The SMILES string of the molecule is Cc1n[nH]c(C)c1S(=O)(=O)N1CCC[C@@H](C(=O)Nc2ccc(C(F)(F)F)cc2)C1. The van der Waals surface area contributed by atoms with Gasteiger partial charge in [0, 0.05) is 18.8 Å². The number of aryl methyl sites for hydroxylation is 2. The molecule has 0 saturated carbocycles. The number of alkyl halides is 3. The molecule has 0 spiro atoms. The fraction of sp³-hybridized carbons (Fsp3) is 0.444. The number of piperidine rings is 1. The van der Waals surface area contributed by atoms with E-state index in [1.54, 1.807) is 13.8 Å². The number of halogens is 3. The molecule has 29 heavy (non-hydrogen) atoms. The van der Waals surface area contributed by atoms with Gasteiger partial charge in [0.1, 0.15) is 4.90 Å². The largest absolute Gasteiger partial charge is 0.416 e. The van der Waals surface area contributed by atoms with Gasteiger partial charge in [0.15, 0.2) is 0 Å². The van der Waals surface area contributed by atoms with Gasteiger partial charge >= 0.3 is 6.18 Å². The van der Waals surface area contributed by atoms with Gasteiger partial charge in [0.2, 0.25) is 15.9 Å². The molecule has 7 nitrogen and oxygen atoms in total. The van der Waals surface area contributed by atoms with Crippen molar-refractivity contribution >= 4 is 21.6 Å². The zero-order valence-corrected chi connectivity index (χ0v) is 16.7.